The average Bonchev–Trinajstić information content (AvgIpc) is 2.45. The van der Waals surface area contributed by atoms with E-state index in [1.54, 1.807) is 0 Å². The molecule has 0 saturated heterocycles. The van der Waals surface area contributed by atoms with E-state index in [0.717, 1.165) is 12.3 Å². The summed E-state index contributed by atoms with van der Waals surface area (Å²) >= 11 is 29.7. The molecule has 1 aromatic carbocycles. The van der Waals surface area contributed by atoms with Crippen molar-refractivity contribution in [2.24, 2.45) is 0 Å². The molecule has 0 saturated carbocycles. The number of carboxylic acid groups (broad SMARTS) is 1. The van der Waals surface area contributed by atoms with Gasteiger partial charge in [-0.3, -0.25) is 0 Å². The zero-order valence-electron chi connectivity index (χ0n) is 9.73. The van der Waals surface area contributed by atoms with Crippen molar-refractivity contribution >= 4 is 64.0 Å². The fourth-order valence-electron chi connectivity index (χ4n) is 1.58. The van der Waals surface area contributed by atoms with Crippen molar-refractivity contribution in [1.82, 2.24) is 4.98 Å². The minimum absolute atomic E-state index is 0.0779. The van der Waals surface area contributed by atoms with E-state index < -0.39 is 11.9 Å². The van der Waals surface area contributed by atoms with Gasteiger partial charge in [0.2, 0.25) is 5.95 Å². The number of nitrogens with zero attached hydrogens (tertiary/aromatic N) is 1. The summed E-state index contributed by atoms with van der Waals surface area (Å²) < 4.78 is 13.9. The van der Waals surface area contributed by atoms with Crippen LogP contribution in [0.4, 0.5) is 4.39 Å². The van der Waals surface area contributed by atoms with Crippen molar-refractivity contribution < 1.29 is 14.3 Å². The number of hydrogen-bond acceptors (Lipinski definition) is 2. The summed E-state index contributed by atoms with van der Waals surface area (Å²) in [5, 5.41) is 8.30. The zero-order valence-corrected chi connectivity index (χ0v) is 13.5. The van der Waals surface area contributed by atoms with Crippen LogP contribution in [0.3, 0.4) is 0 Å². The molecule has 21 heavy (non-hydrogen) atoms. The molecule has 0 atom stereocenters. The standard InChI is InChI=1S/C12H3Cl5FNO2/c13-6-5(7(14)9(16)10(17)8(6)15)4-1-3(12(20)21)2-19-11(4)18/h1-2H,(H,20,21). The van der Waals surface area contributed by atoms with Gasteiger partial charge in [0.15, 0.2) is 0 Å². The van der Waals surface area contributed by atoms with Gasteiger partial charge < -0.3 is 5.11 Å². The van der Waals surface area contributed by atoms with Crippen LogP contribution in [-0.4, -0.2) is 16.1 Å². The SMILES string of the molecule is O=C(O)c1cnc(F)c(-c2c(Cl)c(Cl)c(Cl)c(Cl)c2Cl)c1. The average molecular weight is 389 g/mol. The lowest BCUT2D eigenvalue weighted by Crippen LogP contribution is -2.01. The minimum Gasteiger partial charge on any atom is -0.478 e. The van der Waals surface area contributed by atoms with Crippen LogP contribution in [0.2, 0.25) is 25.1 Å². The molecule has 1 heterocycles. The summed E-state index contributed by atoms with van der Waals surface area (Å²) in [6, 6.07) is 1.03. The zero-order chi connectivity index (χ0) is 15.9. The summed E-state index contributed by atoms with van der Waals surface area (Å²) in [6.07, 6.45) is 0.863. The maximum absolute atomic E-state index is 13.9. The van der Waals surface area contributed by atoms with E-state index in [2.05, 4.69) is 4.98 Å². The third kappa shape index (κ3) is 2.91. The molecule has 2 aromatic rings. The number of carboxylic acids is 1. The summed E-state index contributed by atoms with van der Waals surface area (Å²) in [5.74, 6) is -2.26. The monoisotopic (exact) mass is 387 g/mol. The van der Waals surface area contributed by atoms with E-state index >= 15 is 0 Å². The molecule has 0 unspecified atom stereocenters. The highest BCUT2D eigenvalue weighted by molar-refractivity contribution is 6.56. The Balaban J connectivity index is 2.85. The van der Waals surface area contributed by atoms with E-state index in [9.17, 15) is 9.18 Å². The second kappa shape index (κ2) is 6.15. The molecule has 0 amide bonds. The molecular weight excluding hydrogens is 386 g/mol. The van der Waals surface area contributed by atoms with Crippen molar-refractivity contribution in [1.29, 1.82) is 0 Å². The quantitative estimate of drug-likeness (QED) is 0.398. The van der Waals surface area contributed by atoms with Crippen LogP contribution in [0.15, 0.2) is 12.3 Å². The molecule has 3 nitrogen and oxygen atoms in total. The van der Waals surface area contributed by atoms with E-state index in [4.69, 9.17) is 63.1 Å². The van der Waals surface area contributed by atoms with Crippen LogP contribution in [0.5, 0.6) is 0 Å². The molecule has 1 N–H and O–H groups in total. The molecule has 0 aliphatic rings. The highest BCUT2D eigenvalue weighted by atomic mass is 35.5. The van der Waals surface area contributed by atoms with Crippen molar-refractivity contribution in [2.45, 2.75) is 0 Å². The summed E-state index contributed by atoms with van der Waals surface area (Å²) in [6.45, 7) is 0. The van der Waals surface area contributed by atoms with Gasteiger partial charge in [0.05, 0.1) is 30.7 Å². The predicted molar refractivity (Wildman–Crippen MR) is 81.6 cm³/mol. The Morgan fingerprint density at radius 2 is 1.48 bits per heavy atom. The first-order valence-corrected chi connectivity index (χ1v) is 7.05. The van der Waals surface area contributed by atoms with Gasteiger partial charge in [-0.15, -0.1) is 0 Å². The minimum atomic E-state index is -1.29. The van der Waals surface area contributed by atoms with Crippen molar-refractivity contribution in [2.75, 3.05) is 0 Å². The first kappa shape index (κ1) is 16.6. The Hall–Kier alpha value is -0.780. The Morgan fingerprint density at radius 1 is 1.00 bits per heavy atom. The summed E-state index contributed by atoms with van der Waals surface area (Å²) in [7, 11) is 0. The Labute approximate surface area is 143 Å². The van der Waals surface area contributed by atoms with E-state index in [-0.39, 0.29) is 41.8 Å². The second-order valence-electron chi connectivity index (χ2n) is 3.81. The smallest absolute Gasteiger partial charge is 0.337 e. The summed E-state index contributed by atoms with van der Waals surface area (Å²) in [5.41, 5.74) is -0.572. The molecule has 0 radical (unpaired) electrons. The second-order valence-corrected chi connectivity index (χ2v) is 5.70. The number of pyridine rings is 1. The first-order chi connectivity index (χ1) is 9.75. The largest absolute Gasteiger partial charge is 0.478 e. The Bertz CT molecular complexity index is 737. The maximum atomic E-state index is 13.9. The first-order valence-electron chi connectivity index (χ1n) is 5.16. The van der Waals surface area contributed by atoms with Crippen molar-refractivity contribution in [3.63, 3.8) is 0 Å². The number of aromatic carboxylic acids is 1. The lowest BCUT2D eigenvalue weighted by molar-refractivity contribution is 0.0696. The molecule has 0 aliphatic carbocycles. The number of hydrogen-bond donors (Lipinski definition) is 1. The van der Waals surface area contributed by atoms with Crippen molar-refractivity contribution in [3.05, 3.63) is 48.9 Å². The van der Waals surface area contributed by atoms with Gasteiger partial charge in [0.1, 0.15) is 0 Å². The molecule has 0 fully saturated rings. The Morgan fingerprint density at radius 3 is 1.95 bits per heavy atom. The van der Waals surface area contributed by atoms with Crippen molar-refractivity contribution in [3.8, 4) is 11.1 Å². The van der Waals surface area contributed by atoms with Crippen LogP contribution in [0.1, 0.15) is 10.4 Å². The third-order valence-corrected chi connectivity index (χ3v) is 4.84. The fraction of sp³-hybridized carbons (Fsp3) is 0. The molecule has 2 rings (SSSR count). The molecule has 1 aromatic heterocycles. The van der Waals surface area contributed by atoms with Crippen LogP contribution in [0.25, 0.3) is 11.1 Å². The molecule has 0 aliphatic heterocycles. The number of benzene rings is 1. The molecule has 9 heteroatoms. The number of aromatic nitrogens is 1. The highest BCUT2D eigenvalue weighted by Gasteiger charge is 2.23. The topological polar surface area (TPSA) is 50.2 Å². The van der Waals surface area contributed by atoms with Gasteiger partial charge in [-0.25, -0.2) is 9.78 Å². The van der Waals surface area contributed by atoms with E-state index in [1.807, 2.05) is 0 Å². The van der Waals surface area contributed by atoms with Crippen LogP contribution in [0, 0.1) is 5.95 Å². The lowest BCUT2D eigenvalue weighted by atomic mass is 10.1. The van der Waals surface area contributed by atoms with E-state index in [1.165, 1.54) is 0 Å². The van der Waals surface area contributed by atoms with Crippen LogP contribution < -0.4 is 0 Å². The number of halogens is 6. The van der Waals surface area contributed by atoms with Gasteiger partial charge in [-0.05, 0) is 6.07 Å². The fourth-order valence-corrected chi connectivity index (χ4v) is 2.92. The predicted octanol–water partition coefficient (Wildman–Crippen LogP) is 5.85. The highest BCUT2D eigenvalue weighted by Crippen LogP contribution is 2.48. The Kier molecular flexibility index (Phi) is 4.85. The molecule has 110 valence electrons. The summed E-state index contributed by atoms with van der Waals surface area (Å²) in [4.78, 5) is 14.3. The lowest BCUT2D eigenvalue weighted by Gasteiger charge is -2.13. The third-order valence-electron chi connectivity index (χ3n) is 2.57. The van der Waals surface area contributed by atoms with Gasteiger partial charge >= 0.3 is 5.97 Å². The van der Waals surface area contributed by atoms with Crippen LogP contribution in [-0.2, 0) is 0 Å². The van der Waals surface area contributed by atoms with Gasteiger partial charge in [-0.2, -0.15) is 4.39 Å². The molecule has 0 bridgehead atoms. The maximum Gasteiger partial charge on any atom is 0.337 e. The molecule has 0 spiro atoms. The van der Waals surface area contributed by atoms with E-state index in [0.29, 0.717) is 0 Å². The molecular formula is C12H3Cl5FNO2. The van der Waals surface area contributed by atoms with Gasteiger partial charge in [0.25, 0.3) is 0 Å². The number of rotatable bonds is 2. The normalized spacial score (nSPS) is 10.8. The van der Waals surface area contributed by atoms with Crippen LogP contribution >= 0.6 is 58.0 Å². The number of carbonyl (C=O) groups is 1. The van der Waals surface area contributed by atoms with Gasteiger partial charge in [0, 0.05) is 17.3 Å². The van der Waals surface area contributed by atoms with Gasteiger partial charge in [-0.1, -0.05) is 58.0 Å².